The zero-order valence-corrected chi connectivity index (χ0v) is 13.0. The summed E-state index contributed by atoms with van der Waals surface area (Å²) in [4.78, 5) is 24.8. The van der Waals surface area contributed by atoms with E-state index in [1.54, 1.807) is 4.90 Å². The number of fused-ring (bicyclic) bond motifs is 1. The first-order chi connectivity index (χ1) is 11.6. The first-order valence-electron chi connectivity index (χ1n) is 7.36. The van der Waals surface area contributed by atoms with Crippen molar-refractivity contribution >= 4 is 11.9 Å². The largest absolute Gasteiger partial charge is 0.476 e. The molecule has 2 aromatic rings. The molecule has 1 aliphatic rings. The van der Waals surface area contributed by atoms with E-state index < -0.39 is 5.97 Å². The van der Waals surface area contributed by atoms with Crippen LogP contribution in [0.1, 0.15) is 23.0 Å². The molecule has 9 heteroatoms. The van der Waals surface area contributed by atoms with Crippen LogP contribution in [0.25, 0.3) is 0 Å². The average molecular weight is 332 g/mol. The summed E-state index contributed by atoms with van der Waals surface area (Å²) in [5.41, 5.74) is 0.723. The molecule has 0 bridgehead atoms. The third-order valence-corrected chi connectivity index (χ3v) is 3.60. The average Bonchev–Trinajstić information content (AvgIpc) is 3.20. The van der Waals surface area contributed by atoms with Crippen LogP contribution in [0.5, 0.6) is 11.5 Å². The fourth-order valence-electron chi connectivity index (χ4n) is 2.35. The lowest BCUT2D eigenvalue weighted by Gasteiger charge is -2.21. The fourth-order valence-corrected chi connectivity index (χ4v) is 2.35. The van der Waals surface area contributed by atoms with Gasteiger partial charge >= 0.3 is 5.97 Å². The quantitative estimate of drug-likeness (QED) is 0.832. The first kappa shape index (κ1) is 15.8. The maximum Gasteiger partial charge on any atom is 0.358 e. The molecule has 2 heterocycles. The minimum atomic E-state index is -1.18. The molecule has 3 rings (SSSR count). The lowest BCUT2D eigenvalue weighted by atomic mass is 10.2. The number of carboxylic acid groups (broad SMARTS) is 1. The number of rotatable bonds is 6. The Morgan fingerprint density at radius 2 is 2.12 bits per heavy atom. The predicted molar refractivity (Wildman–Crippen MR) is 80.6 cm³/mol. The molecule has 0 radical (unpaired) electrons. The van der Waals surface area contributed by atoms with Gasteiger partial charge in [-0.15, -0.1) is 5.10 Å². The number of hydrogen-bond donors (Lipinski definition) is 1. The minimum absolute atomic E-state index is 0.0708. The molecule has 0 atom stereocenters. The van der Waals surface area contributed by atoms with Gasteiger partial charge in [-0.1, -0.05) is 11.3 Å². The standard InChI is InChI=1S/C15H16N4O5/c1-2-18(6-10-3-4-12-13(5-10)24-9-23-12)14(20)8-19-7-11(15(21)22)16-17-19/h3-5,7H,2,6,8-9H2,1H3,(H,21,22). The second-order valence-corrected chi connectivity index (χ2v) is 5.20. The lowest BCUT2D eigenvalue weighted by Crippen LogP contribution is -2.33. The van der Waals surface area contributed by atoms with E-state index in [2.05, 4.69) is 10.3 Å². The summed E-state index contributed by atoms with van der Waals surface area (Å²) in [6, 6.07) is 5.53. The maximum atomic E-state index is 12.4. The highest BCUT2D eigenvalue weighted by molar-refractivity contribution is 5.84. The summed E-state index contributed by atoms with van der Waals surface area (Å²) in [7, 11) is 0. The van der Waals surface area contributed by atoms with Gasteiger partial charge in [0, 0.05) is 13.1 Å². The molecule has 9 nitrogen and oxygen atoms in total. The number of benzene rings is 1. The van der Waals surface area contributed by atoms with Crippen LogP contribution in [0, 0.1) is 0 Å². The van der Waals surface area contributed by atoms with E-state index in [-0.39, 0.29) is 24.9 Å². The Morgan fingerprint density at radius 3 is 2.83 bits per heavy atom. The lowest BCUT2D eigenvalue weighted by molar-refractivity contribution is -0.132. The number of aromatic nitrogens is 3. The van der Waals surface area contributed by atoms with Crippen molar-refractivity contribution in [2.45, 2.75) is 20.0 Å². The van der Waals surface area contributed by atoms with Crippen LogP contribution in [-0.4, -0.2) is 50.2 Å². The Hall–Kier alpha value is -3.10. The van der Waals surface area contributed by atoms with Crippen LogP contribution in [0.15, 0.2) is 24.4 Å². The Bertz CT molecular complexity index is 773. The Labute approximate surface area is 137 Å². The van der Waals surface area contributed by atoms with E-state index >= 15 is 0 Å². The van der Waals surface area contributed by atoms with Gasteiger partial charge < -0.3 is 19.5 Å². The molecular weight excluding hydrogens is 316 g/mol. The van der Waals surface area contributed by atoms with E-state index in [4.69, 9.17) is 14.6 Å². The molecule has 0 saturated carbocycles. The molecule has 126 valence electrons. The number of nitrogens with zero attached hydrogens (tertiary/aromatic N) is 4. The van der Waals surface area contributed by atoms with Crippen molar-refractivity contribution < 1.29 is 24.2 Å². The normalized spacial score (nSPS) is 12.2. The number of ether oxygens (including phenoxy) is 2. The van der Waals surface area contributed by atoms with E-state index in [9.17, 15) is 9.59 Å². The summed E-state index contributed by atoms with van der Waals surface area (Å²) in [6.07, 6.45) is 1.23. The van der Waals surface area contributed by atoms with Gasteiger partial charge in [0.15, 0.2) is 17.2 Å². The van der Waals surface area contributed by atoms with Gasteiger partial charge in [-0.2, -0.15) is 0 Å². The summed E-state index contributed by atoms with van der Waals surface area (Å²) in [6.45, 7) is 2.92. The molecule has 0 spiro atoms. The third kappa shape index (κ3) is 3.29. The van der Waals surface area contributed by atoms with Crippen molar-refractivity contribution in [1.82, 2.24) is 19.9 Å². The molecular formula is C15H16N4O5. The van der Waals surface area contributed by atoms with E-state index in [0.717, 1.165) is 5.56 Å². The minimum Gasteiger partial charge on any atom is -0.476 e. The van der Waals surface area contributed by atoms with Crippen LogP contribution in [0.3, 0.4) is 0 Å². The van der Waals surface area contributed by atoms with Crippen molar-refractivity contribution in [3.05, 3.63) is 35.7 Å². The van der Waals surface area contributed by atoms with Crippen molar-refractivity contribution in [1.29, 1.82) is 0 Å². The molecule has 1 N–H and O–H groups in total. The van der Waals surface area contributed by atoms with Gasteiger partial charge in [0.05, 0.1) is 6.20 Å². The smallest absolute Gasteiger partial charge is 0.358 e. The van der Waals surface area contributed by atoms with Crippen molar-refractivity contribution in [3.8, 4) is 11.5 Å². The molecule has 1 amide bonds. The van der Waals surface area contributed by atoms with Crippen LogP contribution in [-0.2, 0) is 17.9 Å². The second kappa shape index (κ2) is 6.57. The van der Waals surface area contributed by atoms with Crippen LogP contribution < -0.4 is 9.47 Å². The predicted octanol–water partition coefficient (Wildman–Crippen LogP) is 0.754. The highest BCUT2D eigenvalue weighted by Crippen LogP contribution is 2.32. The molecule has 0 aliphatic carbocycles. The van der Waals surface area contributed by atoms with Crippen LogP contribution in [0.2, 0.25) is 0 Å². The number of likely N-dealkylation sites (N-methyl/N-ethyl adjacent to an activating group) is 1. The Balaban J connectivity index is 1.66. The van der Waals surface area contributed by atoms with Crippen molar-refractivity contribution in [2.75, 3.05) is 13.3 Å². The third-order valence-electron chi connectivity index (χ3n) is 3.60. The van der Waals surface area contributed by atoms with Gasteiger partial charge in [-0.25, -0.2) is 9.48 Å². The summed E-state index contributed by atoms with van der Waals surface area (Å²) >= 11 is 0. The molecule has 0 unspecified atom stereocenters. The monoisotopic (exact) mass is 332 g/mol. The Kier molecular flexibility index (Phi) is 4.32. The molecule has 0 saturated heterocycles. The van der Waals surface area contributed by atoms with Crippen LogP contribution in [0.4, 0.5) is 0 Å². The number of carbonyl (C=O) groups excluding carboxylic acids is 1. The molecule has 1 aliphatic heterocycles. The second-order valence-electron chi connectivity index (χ2n) is 5.20. The topological polar surface area (TPSA) is 107 Å². The summed E-state index contributed by atoms with van der Waals surface area (Å²) in [5, 5.41) is 16.0. The van der Waals surface area contributed by atoms with Gasteiger partial charge in [0.25, 0.3) is 0 Å². The van der Waals surface area contributed by atoms with Crippen molar-refractivity contribution in [2.24, 2.45) is 0 Å². The van der Waals surface area contributed by atoms with E-state index in [1.807, 2.05) is 25.1 Å². The highest BCUT2D eigenvalue weighted by atomic mass is 16.7. The van der Waals surface area contributed by atoms with Crippen LogP contribution >= 0.6 is 0 Å². The SMILES string of the molecule is CCN(Cc1ccc2c(c1)OCO2)C(=O)Cn1cc(C(=O)O)nn1. The number of amides is 1. The van der Waals surface area contributed by atoms with Gasteiger partial charge in [-0.05, 0) is 24.6 Å². The zero-order chi connectivity index (χ0) is 17.1. The molecule has 1 aromatic carbocycles. The summed E-state index contributed by atoms with van der Waals surface area (Å²) < 4.78 is 11.8. The highest BCUT2D eigenvalue weighted by Gasteiger charge is 2.18. The van der Waals surface area contributed by atoms with Crippen molar-refractivity contribution in [3.63, 3.8) is 0 Å². The van der Waals surface area contributed by atoms with Gasteiger partial charge in [0.1, 0.15) is 6.54 Å². The number of aromatic carboxylic acids is 1. The van der Waals surface area contributed by atoms with E-state index in [0.29, 0.717) is 24.6 Å². The molecule has 0 fully saturated rings. The maximum absolute atomic E-state index is 12.4. The Morgan fingerprint density at radius 1 is 1.33 bits per heavy atom. The molecule has 24 heavy (non-hydrogen) atoms. The first-order valence-corrected chi connectivity index (χ1v) is 7.36. The fraction of sp³-hybridized carbons (Fsp3) is 0.333. The number of carbonyl (C=O) groups is 2. The summed E-state index contributed by atoms with van der Waals surface area (Å²) in [5.74, 6) is -0.00580. The number of carboxylic acids is 1. The zero-order valence-electron chi connectivity index (χ0n) is 13.0. The number of hydrogen-bond acceptors (Lipinski definition) is 6. The van der Waals surface area contributed by atoms with Gasteiger partial charge in [-0.3, -0.25) is 4.79 Å². The van der Waals surface area contributed by atoms with Gasteiger partial charge in [0.2, 0.25) is 12.7 Å². The molecule has 1 aromatic heterocycles. The van der Waals surface area contributed by atoms with E-state index in [1.165, 1.54) is 10.9 Å².